The van der Waals surface area contributed by atoms with Crippen LogP contribution < -0.4 is 5.14 Å². The molecule has 0 saturated heterocycles. The van der Waals surface area contributed by atoms with Crippen LogP contribution in [0.3, 0.4) is 0 Å². The van der Waals surface area contributed by atoms with Gasteiger partial charge in [-0.15, -0.1) is 0 Å². The molecule has 0 aliphatic heterocycles. The SMILES string of the molecule is CCCCCN(CCCCC)S(N)(=O)=O. The average Bonchev–Trinajstić information content (AvgIpc) is 2.14. The van der Waals surface area contributed by atoms with E-state index in [1.165, 1.54) is 4.31 Å². The maximum Gasteiger partial charge on any atom is 0.276 e. The second-order valence-corrected chi connectivity index (χ2v) is 5.40. The minimum Gasteiger partial charge on any atom is -0.216 e. The minimum atomic E-state index is -3.49. The Morgan fingerprint density at radius 3 is 1.60 bits per heavy atom. The first-order valence-corrected chi connectivity index (χ1v) is 7.30. The second-order valence-electron chi connectivity index (χ2n) is 3.86. The molecule has 92 valence electrons. The van der Waals surface area contributed by atoms with Crippen molar-refractivity contribution in [1.29, 1.82) is 0 Å². The largest absolute Gasteiger partial charge is 0.276 e. The highest BCUT2D eigenvalue weighted by atomic mass is 32.2. The molecule has 0 amide bonds. The summed E-state index contributed by atoms with van der Waals surface area (Å²) in [5.41, 5.74) is 0. The molecular formula is C10H24N2O2S. The van der Waals surface area contributed by atoms with Crippen LogP contribution in [0.25, 0.3) is 0 Å². The lowest BCUT2D eigenvalue weighted by Crippen LogP contribution is -2.38. The summed E-state index contributed by atoms with van der Waals surface area (Å²) in [5, 5.41) is 5.14. The van der Waals surface area contributed by atoms with Crippen LogP contribution in [0, 0.1) is 0 Å². The van der Waals surface area contributed by atoms with E-state index >= 15 is 0 Å². The third-order valence-corrected chi connectivity index (χ3v) is 3.47. The lowest BCUT2D eigenvalue weighted by Gasteiger charge is -2.18. The smallest absolute Gasteiger partial charge is 0.216 e. The molecule has 0 aliphatic rings. The van der Waals surface area contributed by atoms with Crippen molar-refractivity contribution in [3.63, 3.8) is 0 Å². The molecule has 0 rings (SSSR count). The molecule has 0 aliphatic carbocycles. The van der Waals surface area contributed by atoms with Crippen LogP contribution in [0.2, 0.25) is 0 Å². The zero-order chi connectivity index (χ0) is 11.7. The zero-order valence-corrected chi connectivity index (χ0v) is 10.7. The zero-order valence-electron chi connectivity index (χ0n) is 9.91. The van der Waals surface area contributed by atoms with Crippen molar-refractivity contribution in [2.75, 3.05) is 13.1 Å². The van der Waals surface area contributed by atoms with Crippen molar-refractivity contribution >= 4 is 10.2 Å². The highest BCUT2D eigenvalue weighted by molar-refractivity contribution is 7.86. The first kappa shape index (κ1) is 14.9. The van der Waals surface area contributed by atoms with E-state index in [0.717, 1.165) is 38.5 Å². The predicted molar refractivity (Wildman–Crippen MR) is 63.7 cm³/mol. The molecule has 0 saturated carbocycles. The van der Waals surface area contributed by atoms with Crippen LogP contribution in [0.4, 0.5) is 0 Å². The lowest BCUT2D eigenvalue weighted by atomic mass is 10.2. The summed E-state index contributed by atoms with van der Waals surface area (Å²) < 4.78 is 23.8. The summed E-state index contributed by atoms with van der Waals surface area (Å²) in [4.78, 5) is 0. The first-order chi connectivity index (χ1) is 7.02. The Bertz CT molecular complexity index is 230. The van der Waals surface area contributed by atoms with Crippen LogP contribution in [0.15, 0.2) is 0 Å². The third kappa shape index (κ3) is 7.76. The second kappa shape index (κ2) is 8.07. The number of nitrogens with zero attached hydrogens (tertiary/aromatic N) is 1. The number of unbranched alkanes of at least 4 members (excludes halogenated alkanes) is 4. The van der Waals surface area contributed by atoms with Gasteiger partial charge in [-0.05, 0) is 12.8 Å². The van der Waals surface area contributed by atoms with E-state index in [2.05, 4.69) is 13.8 Å². The monoisotopic (exact) mass is 236 g/mol. The van der Waals surface area contributed by atoms with E-state index in [1.54, 1.807) is 0 Å². The van der Waals surface area contributed by atoms with Gasteiger partial charge in [-0.25, -0.2) is 5.14 Å². The number of hydrogen-bond donors (Lipinski definition) is 1. The van der Waals surface area contributed by atoms with Crippen LogP contribution in [0.1, 0.15) is 52.4 Å². The van der Waals surface area contributed by atoms with Crippen LogP contribution in [0.5, 0.6) is 0 Å². The van der Waals surface area contributed by atoms with E-state index in [4.69, 9.17) is 5.14 Å². The van der Waals surface area contributed by atoms with Crippen molar-refractivity contribution < 1.29 is 8.42 Å². The van der Waals surface area contributed by atoms with Crippen LogP contribution in [-0.4, -0.2) is 25.8 Å². The van der Waals surface area contributed by atoms with Gasteiger partial charge >= 0.3 is 0 Å². The van der Waals surface area contributed by atoms with E-state index in [1.807, 2.05) is 0 Å². The Morgan fingerprint density at radius 2 is 1.33 bits per heavy atom. The summed E-state index contributed by atoms with van der Waals surface area (Å²) in [6, 6.07) is 0. The summed E-state index contributed by atoms with van der Waals surface area (Å²) in [7, 11) is -3.49. The summed E-state index contributed by atoms with van der Waals surface area (Å²) >= 11 is 0. The van der Waals surface area contributed by atoms with Gasteiger partial charge in [0.1, 0.15) is 0 Å². The van der Waals surface area contributed by atoms with Crippen molar-refractivity contribution in [2.24, 2.45) is 5.14 Å². The van der Waals surface area contributed by atoms with Gasteiger partial charge in [-0.3, -0.25) is 0 Å². The predicted octanol–water partition coefficient (Wildman–Crippen LogP) is 1.87. The van der Waals surface area contributed by atoms with Crippen molar-refractivity contribution in [1.82, 2.24) is 4.31 Å². The van der Waals surface area contributed by atoms with Gasteiger partial charge in [0, 0.05) is 13.1 Å². The lowest BCUT2D eigenvalue weighted by molar-refractivity contribution is 0.389. The Morgan fingerprint density at radius 1 is 0.933 bits per heavy atom. The average molecular weight is 236 g/mol. The molecule has 0 spiro atoms. The van der Waals surface area contributed by atoms with Gasteiger partial charge < -0.3 is 0 Å². The molecule has 0 aromatic carbocycles. The van der Waals surface area contributed by atoms with E-state index < -0.39 is 10.2 Å². The standard InChI is InChI=1S/C10H24N2O2S/c1-3-5-7-9-12(15(11,13)14)10-8-6-4-2/h3-10H2,1-2H3,(H2,11,13,14). The molecule has 0 fully saturated rings. The summed E-state index contributed by atoms with van der Waals surface area (Å²) in [6.07, 6.45) is 6.10. The summed E-state index contributed by atoms with van der Waals surface area (Å²) in [5.74, 6) is 0. The molecule has 0 radical (unpaired) electrons. The minimum absolute atomic E-state index is 0.566. The van der Waals surface area contributed by atoms with Gasteiger partial charge in [0.2, 0.25) is 0 Å². The molecule has 0 aromatic rings. The van der Waals surface area contributed by atoms with E-state index in [-0.39, 0.29) is 0 Å². The number of hydrogen-bond acceptors (Lipinski definition) is 2. The molecule has 0 atom stereocenters. The fraction of sp³-hybridized carbons (Fsp3) is 1.00. The van der Waals surface area contributed by atoms with Gasteiger partial charge in [0.25, 0.3) is 10.2 Å². The van der Waals surface area contributed by atoms with Crippen molar-refractivity contribution in [2.45, 2.75) is 52.4 Å². The van der Waals surface area contributed by atoms with E-state index in [9.17, 15) is 8.42 Å². The van der Waals surface area contributed by atoms with Crippen LogP contribution >= 0.6 is 0 Å². The maximum atomic E-state index is 11.2. The quantitative estimate of drug-likeness (QED) is 0.621. The summed E-state index contributed by atoms with van der Waals surface area (Å²) in [6.45, 7) is 5.32. The Kier molecular flexibility index (Phi) is 8.00. The van der Waals surface area contributed by atoms with Gasteiger partial charge in [-0.2, -0.15) is 12.7 Å². The topological polar surface area (TPSA) is 63.4 Å². The molecule has 0 heterocycles. The maximum absolute atomic E-state index is 11.2. The fourth-order valence-corrected chi connectivity index (χ4v) is 2.21. The fourth-order valence-electron chi connectivity index (χ4n) is 1.44. The van der Waals surface area contributed by atoms with Crippen molar-refractivity contribution in [3.8, 4) is 0 Å². The Hall–Kier alpha value is -0.130. The number of nitrogens with two attached hydrogens (primary N) is 1. The van der Waals surface area contributed by atoms with Crippen molar-refractivity contribution in [3.05, 3.63) is 0 Å². The number of rotatable bonds is 9. The molecule has 2 N–H and O–H groups in total. The normalized spacial score (nSPS) is 12.3. The third-order valence-electron chi connectivity index (χ3n) is 2.38. The molecule has 5 heteroatoms. The Balaban J connectivity index is 3.97. The van der Waals surface area contributed by atoms with Gasteiger partial charge in [-0.1, -0.05) is 39.5 Å². The first-order valence-electron chi connectivity index (χ1n) is 5.80. The molecule has 4 nitrogen and oxygen atoms in total. The molecule has 0 aromatic heterocycles. The Labute approximate surface area is 94.0 Å². The highest BCUT2D eigenvalue weighted by Crippen LogP contribution is 2.05. The van der Waals surface area contributed by atoms with Gasteiger partial charge in [0.05, 0.1) is 0 Å². The highest BCUT2D eigenvalue weighted by Gasteiger charge is 2.15. The van der Waals surface area contributed by atoms with E-state index in [0.29, 0.717) is 13.1 Å². The van der Waals surface area contributed by atoms with Crippen LogP contribution in [-0.2, 0) is 10.2 Å². The van der Waals surface area contributed by atoms with Gasteiger partial charge in [0.15, 0.2) is 0 Å². The molecule has 0 bridgehead atoms. The molecule has 15 heavy (non-hydrogen) atoms. The molecule has 0 unspecified atom stereocenters. The molecular weight excluding hydrogens is 212 g/mol.